The summed E-state index contributed by atoms with van der Waals surface area (Å²) < 4.78 is 4.88. The maximum absolute atomic E-state index is 12.4. The zero-order valence-electron chi connectivity index (χ0n) is 14.2. The van der Waals surface area contributed by atoms with Gasteiger partial charge < -0.3 is 9.64 Å². The summed E-state index contributed by atoms with van der Waals surface area (Å²) in [5, 5.41) is 0. The second-order valence-electron chi connectivity index (χ2n) is 5.41. The van der Waals surface area contributed by atoms with E-state index >= 15 is 0 Å². The minimum Gasteiger partial charge on any atom is -0.460 e. The highest BCUT2D eigenvalue weighted by molar-refractivity contribution is 6.28. The quantitative estimate of drug-likeness (QED) is 0.400. The number of urea groups is 1. The first kappa shape index (κ1) is 19.1. The molecule has 0 spiro atoms. The molecule has 4 amide bonds. The van der Waals surface area contributed by atoms with Crippen LogP contribution in [-0.2, 0) is 19.1 Å². The molecule has 1 fully saturated rings. The number of hydrogen-bond donors (Lipinski definition) is 0. The monoisotopic (exact) mass is 335 g/mol. The second-order valence-corrected chi connectivity index (χ2v) is 5.41. The smallest absolute Gasteiger partial charge is 0.333 e. The van der Waals surface area contributed by atoms with Crippen LogP contribution in [0.3, 0.4) is 0 Å². The highest BCUT2D eigenvalue weighted by Gasteiger charge is 2.39. The molecule has 0 radical (unpaired) electrons. The van der Waals surface area contributed by atoms with Crippen molar-refractivity contribution >= 4 is 23.8 Å². The SMILES string of the molecule is C=C(C)C(=O)OCCN1C(=O)/C(=C/C=C/N(C)C)C(=O)N(C)C1=O. The van der Waals surface area contributed by atoms with E-state index in [1.165, 1.54) is 26.1 Å². The highest BCUT2D eigenvalue weighted by atomic mass is 16.5. The molecule has 130 valence electrons. The van der Waals surface area contributed by atoms with Gasteiger partial charge >= 0.3 is 12.0 Å². The Morgan fingerprint density at radius 1 is 1.25 bits per heavy atom. The van der Waals surface area contributed by atoms with Crippen molar-refractivity contribution in [3.05, 3.63) is 36.1 Å². The number of rotatable bonds is 6. The van der Waals surface area contributed by atoms with E-state index in [2.05, 4.69) is 6.58 Å². The predicted octanol–water partition coefficient (Wildman–Crippen LogP) is 0.528. The molecule has 8 nitrogen and oxygen atoms in total. The van der Waals surface area contributed by atoms with Crippen molar-refractivity contribution in [1.82, 2.24) is 14.7 Å². The van der Waals surface area contributed by atoms with E-state index in [9.17, 15) is 19.2 Å². The number of esters is 1. The Hall–Kier alpha value is -2.90. The van der Waals surface area contributed by atoms with Gasteiger partial charge in [-0.1, -0.05) is 6.58 Å². The zero-order chi connectivity index (χ0) is 18.4. The molecule has 0 atom stereocenters. The van der Waals surface area contributed by atoms with Gasteiger partial charge in [-0.2, -0.15) is 0 Å². The third-order valence-corrected chi connectivity index (χ3v) is 3.07. The third-order valence-electron chi connectivity index (χ3n) is 3.07. The first-order valence-electron chi connectivity index (χ1n) is 7.18. The number of nitrogens with zero attached hydrogens (tertiary/aromatic N) is 3. The van der Waals surface area contributed by atoms with Crippen LogP contribution in [0.5, 0.6) is 0 Å². The Balaban J connectivity index is 2.89. The highest BCUT2D eigenvalue weighted by Crippen LogP contribution is 2.16. The number of imide groups is 2. The molecule has 0 aliphatic carbocycles. The number of allylic oxidation sites excluding steroid dienone is 2. The molecule has 0 aromatic carbocycles. The number of ether oxygens (including phenoxy) is 1. The van der Waals surface area contributed by atoms with Crippen LogP contribution in [0.25, 0.3) is 0 Å². The average molecular weight is 335 g/mol. The van der Waals surface area contributed by atoms with Crippen LogP contribution >= 0.6 is 0 Å². The van der Waals surface area contributed by atoms with E-state index in [4.69, 9.17) is 4.74 Å². The van der Waals surface area contributed by atoms with E-state index in [-0.39, 0.29) is 24.3 Å². The summed E-state index contributed by atoms with van der Waals surface area (Å²) >= 11 is 0. The molecule has 24 heavy (non-hydrogen) atoms. The van der Waals surface area contributed by atoms with Gasteiger partial charge in [-0.3, -0.25) is 19.4 Å². The number of barbiturate groups is 1. The average Bonchev–Trinajstić information content (AvgIpc) is 2.51. The minimum atomic E-state index is -0.759. The molecular weight excluding hydrogens is 314 g/mol. The van der Waals surface area contributed by atoms with Crippen LogP contribution in [0.4, 0.5) is 4.79 Å². The Bertz CT molecular complexity index is 634. The van der Waals surface area contributed by atoms with Crippen molar-refractivity contribution in [2.75, 3.05) is 34.3 Å². The Morgan fingerprint density at radius 2 is 1.88 bits per heavy atom. The Kier molecular flexibility index (Phi) is 6.46. The van der Waals surface area contributed by atoms with Crippen molar-refractivity contribution in [3.63, 3.8) is 0 Å². The second kappa shape index (κ2) is 8.09. The number of carbonyl (C=O) groups excluding carboxylic acids is 4. The van der Waals surface area contributed by atoms with Gasteiger partial charge in [0.1, 0.15) is 12.2 Å². The fourth-order valence-corrected chi connectivity index (χ4v) is 1.78. The lowest BCUT2D eigenvalue weighted by Crippen LogP contribution is -2.55. The fraction of sp³-hybridized carbons (Fsp3) is 0.375. The molecule has 1 aliphatic heterocycles. The summed E-state index contributed by atoms with van der Waals surface area (Å²) in [6.07, 6.45) is 4.54. The molecule has 0 aromatic rings. The van der Waals surface area contributed by atoms with E-state index in [0.717, 1.165) is 9.80 Å². The lowest BCUT2D eigenvalue weighted by molar-refractivity contribution is -0.142. The summed E-state index contributed by atoms with van der Waals surface area (Å²) in [6.45, 7) is 4.60. The first-order chi connectivity index (χ1) is 11.2. The van der Waals surface area contributed by atoms with Gasteiger partial charge in [-0.15, -0.1) is 0 Å². The molecule has 0 N–H and O–H groups in total. The molecule has 0 aromatic heterocycles. The van der Waals surface area contributed by atoms with Crippen LogP contribution in [0.15, 0.2) is 36.1 Å². The van der Waals surface area contributed by atoms with Crippen molar-refractivity contribution in [2.45, 2.75) is 6.92 Å². The van der Waals surface area contributed by atoms with Crippen LogP contribution in [0.1, 0.15) is 6.92 Å². The number of amides is 4. The van der Waals surface area contributed by atoms with Crippen molar-refractivity contribution in [2.24, 2.45) is 0 Å². The summed E-state index contributed by atoms with van der Waals surface area (Å²) in [4.78, 5) is 51.3. The van der Waals surface area contributed by atoms with Gasteiger partial charge in [0.2, 0.25) is 0 Å². The van der Waals surface area contributed by atoms with Crippen LogP contribution in [-0.4, -0.2) is 72.8 Å². The largest absolute Gasteiger partial charge is 0.460 e. The van der Waals surface area contributed by atoms with Crippen LogP contribution < -0.4 is 0 Å². The molecule has 1 saturated heterocycles. The van der Waals surface area contributed by atoms with Crippen LogP contribution in [0, 0.1) is 0 Å². The van der Waals surface area contributed by atoms with Gasteiger partial charge in [0.15, 0.2) is 0 Å². The summed E-state index contributed by atoms with van der Waals surface area (Å²) in [5.41, 5.74) is 0.0782. The topological polar surface area (TPSA) is 87.2 Å². The summed E-state index contributed by atoms with van der Waals surface area (Å²) in [7, 11) is 4.86. The molecule has 0 bridgehead atoms. The Labute approximate surface area is 140 Å². The lowest BCUT2D eigenvalue weighted by Gasteiger charge is -2.31. The zero-order valence-corrected chi connectivity index (χ0v) is 14.2. The van der Waals surface area contributed by atoms with Gasteiger partial charge in [0, 0.05) is 26.7 Å². The van der Waals surface area contributed by atoms with Crippen molar-refractivity contribution in [3.8, 4) is 0 Å². The number of hydrogen-bond acceptors (Lipinski definition) is 6. The first-order valence-corrected chi connectivity index (χ1v) is 7.18. The normalized spacial score (nSPS) is 17.0. The maximum Gasteiger partial charge on any atom is 0.333 e. The van der Waals surface area contributed by atoms with Gasteiger partial charge in [-0.25, -0.2) is 9.59 Å². The van der Waals surface area contributed by atoms with E-state index in [0.29, 0.717) is 0 Å². The fourth-order valence-electron chi connectivity index (χ4n) is 1.78. The maximum atomic E-state index is 12.4. The minimum absolute atomic E-state index is 0.138. The van der Waals surface area contributed by atoms with Crippen LogP contribution in [0.2, 0.25) is 0 Å². The van der Waals surface area contributed by atoms with E-state index in [1.54, 1.807) is 25.2 Å². The van der Waals surface area contributed by atoms with E-state index in [1.807, 2.05) is 0 Å². The Morgan fingerprint density at radius 3 is 2.42 bits per heavy atom. The van der Waals surface area contributed by atoms with E-state index < -0.39 is 23.8 Å². The molecule has 1 aliphatic rings. The summed E-state index contributed by atoms with van der Waals surface area (Å²) in [6, 6.07) is -0.759. The van der Waals surface area contributed by atoms with Gasteiger partial charge in [0.25, 0.3) is 11.8 Å². The number of likely N-dealkylation sites (N-methyl/N-ethyl adjacent to an activating group) is 1. The molecule has 1 rings (SSSR count). The third kappa shape index (κ3) is 4.55. The van der Waals surface area contributed by atoms with Crippen molar-refractivity contribution in [1.29, 1.82) is 0 Å². The van der Waals surface area contributed by atoms with Gasteiger partial charge in [0.05, 0.1) is 6.54 Å². The molecular formula is C16H21N3O5. The molecule has 1 heterocycles. The predicted molar refractivity (Wildman–Crippen MR) is 86.6 cm³/mol. The lowest BCUT2D eigenvalue weighted by atomic mass is 10.1. The van der Waals surface area contributed by atoms with Crippen molar-refractivity contribution < 1.29 is 23.9 Å². The molecule has 0 saturated carbocycles. The standard InChI is InChI=1S/C16H21N3O5/c1-11(2)15(22)24-10-9-19-14(21)12(7-6-8-17(3)4)13(20)18(5)16(19)23/h6-8H,1,9-10H2,2-5H3/b8-6+,12-7+. The van der Waals surface area contributed by atoms with Gasteiger partial charge in [-0.05, 0) is 25.3 Å². The summed E-state index contributed by atoms with van der Waals surface area (Å²) in [5.74, 6) is -2.01. The molecule has 8 heteroatoms. The molecule has 0 unspecified atom stereocenters. The number of carbonyl (C=O) groups is 4.